The van der Waals surface area contributed by atoms with Gasteiger partial charge in [-0.15, -0.1) is 0 Å². The molecule has 8 atom stereocenters. The lowest BCUT2D eigenvalue weighted by Gasteiger charge is -2.49. The first-order valence-electron chi connectivity index (χ1n) is 16.2. The van der Waals surface area contributed by atoms with E-state index in [4.69, 9.17) is 9.47 Å². The fourth-order valence-corrected chi connectivity index (χ4v) is 8.77. The second-order valence-corrected chi connectivity index (χ2v) is 13.9. The van der Waals surface area contributed by atoms with Gasteiger partial charge in [0.25, 0.3) is 0 Å². The molecule has 2 bridgehead atoms. The van der Waals surface area contributed by atoms with Crippen molar-refractivity contribution >= 4 is 17.7 Å². The highest BCUT2D eigenvalue weighted by molar-refractivity contribution is 5.96. The van der Waals surface area contributed by atoms with Gasteiger partial charge in [-0.2, -0.15) is 0 Å². The number of hydrogen-bond acceptors (Lipinski definition) is 8. The van der Waals surface area contributed by atoms with Crippen molar-refractivity contribution in [1.29, 1.82) is 0 Å². The van der Waals surface area contributed by atoms with Crippen LogP contribution < -0.4 is 0 Å². The highest BCUT2D eigenvalue weighted by Gasteiger charge is 2.83. The fourth-order valence-electron chi connectivity index (χ4n) is 8.77. The smallest absolute Gasteiger partial charge is 0.306 e. The molecule has 0 amide bonds. The summed E-state index contributed by atoms with van der Waals surface area (Å²) in [6.45, 7) is 11.0. The van der Waals surface area contributed by atoms with Gasteiger partial charge < -0.3 is 24.8 Å². The fraction of sp³-hybridized carbons (Fsp3) is 0.794. The molecule has 236 valence electrons. The van der Waals surface area contributed by atoms with Crippen LogP contribution in [0, 0.1) is 28.6 Å². The molecule has 0 saturated heterocycles. The summed E-state index contributed by atoms with van der Waals surface area (Å²) < 4.78 is 12.1. The highest BCUT2D eigenvalue weighted by Crippen LogP contribution is 2.75. The molecule has 0 radical (unpaired) electrons. The molecule has 0 heterocycles. The minimum atomic E-state index is -2.22. The molecule has 0 aromatic heterocycles. The lowest BCUT2D eigenvalue weighted by Crippen LogP contribution is -2.66. The van der Waals surface area contributed by atoms with E-state index in [1.165, 1.54) is 25.7 Å². The molecule has 2 fully saturated rings. The molecule has 8 nitrogen and oxygen atoms in total. The van der Waals surface area contributed by atoms with E-state index in [9.17, 15) is 29.7 Å². The number of carbonyl (C=O) groups is 3. The number of esters is 2. The molecular weight excluding hydrogens is 536 g/mol. The Kier molecular flexibility index (Phi) is 9.52. The molecule has 0 aromatic rings. The summed E-state index contributed by atoms with van der Waals surface area (Å²) in [6, 6.07) is 0. The number of Topliss-reactive ketones (excluding diaryl/α,β-unsaturated/α-hetero) is 1. The summed E-state index contributed by atoms with van der Waals surface area (Å²) in [5.41, 5.74) is -4.70. The number of ether oxygens (including phenoxy) is 2. The van der Waals surface area contributed by atoms with Gasteiger partial charge in [0.1, 0.15) is 11.7 Å². The Labute approximate surface area is 250 Å². The zero-order chi connectivity index (χ0) is 31.1. The van der Waals surface area contributed by atoms with Crippen LogP contribution in [-0.2, 0) is 23.9 Å². The van der Waals surface area contributed by atoms with E-state index < -0.39 is 58.7 Å². The van der Waals surface area contributed by atoms with Crippen molar-refractivity contribution in [3.05, 3.63) is 23.3 Å². The summed E-state index contributed by atoms with van der Waals surface area (Å²) in [6.07, 6.45) is 9.28. The van der Waals surface area contributed by atoms with Crippen LogP contribution in [0.1, 0.15) is 112 Å². The Morgan fingerprint density at radius 3 is 2.26 bits per heavy atom. The Bertz CT molecular complexity index is 1120. The number of rotatable bonds is 13. The molecule has 2 saturated carbocycles. The van der Waals surface area contributed by atoms with E-state index in [1.54, 1.807) is 19.1 Å². The van der Waals surface area contributed by atoms with E-state index in [0.717, 1.165) is 19.3 Å². The number of aliphatic hydroxyl groups excluding tert-OH is 2. The summed E-state index contributed by atoms with van der Waals surface area (Å²) >= 11 is 0. The zero-order valence-corrected chi connectivity index (χ0v) is 26.4. The standard InChI is InChI=1S/C34H52O8/c1-7-9-10-11-12-13-14-16-26(37)42-33-19-22(4)32-18-21(3)30(41-25(36)15-8-2)34(32,40)28(38)23(20-35)17-24(29(32)39)27(33)31(33,5)6/h17-18,22,24,27-28,30,35,38,40H,7-16,19-20H2,1-6H3/t22?,24-,27+,28+,30-,32?,33-,34-/m0/s1. The van der Waals surface area contributed by atoms with Crippen LogP contribution in [0.15, 0.2) is 23.3 Å². The molecule has 8 heteroatoms. The SMILES string of the molecule is CCCCCCCCCC(=O)O[C@@]12CC(C)C34C=C(C)[C@H](OC(=O)CCC)[C@@]3(O)[C@H](O)C(CO)=C[C@H](C4=O)[C@@H]1C2(C)C. The van der Waals surface area contributed by atoms with Gasteiger partial charge in [0, 0.05) is 30.1 Å². The quantitative estimate of drug-likeness (QED) is 0.156. The number of allylic oxidation sites excluding steroid dienone is 1. The molecule has 0 aliphatic heterocycles. The largest absolute Gasteiger partial charge is 0.458 e. The summed E-state index contributed by atoms with van der Waals surface area (Å²) in [7, 11) is 0. The number of unbranched alkanes of at least 4 members (excludes halogenated alkanes) is 6. The Morgan fingerprint density at radius 1 is 1.00 bits per heavy atom. The monoisotopic (exact) mass is 588 g/mol. The number of carbonyl (C=O) groups excluding carboxylic acids is 3. The van der Waals surface area contributed by atoms with Crippen molar-refractivity contribution < 1.29 is 39.2 Å². The van der Waals surface area contributed by atoms with Gasteiger partial charge in [0.2, 0.25) is 0 Å². The number of hydrogen-bond donors (Lipinski definition) is 3. The van der Waals surface area contributed by atoms with Crippen LogP contribution >= 0.6 is 0 Å². The first-order chi connectivity index (χ1) is 19.8. The summed E-state index contributed by atoms with van der Waals surface area (Å²) in [5, 5.41) is 34.5. The second kappa shape index (κ2) is 12.2. The average Bonchev–Trinajstić information content (AvgIpc) is 3.33. The van der Waals surface area contributed by atoms with Gasteiger partial charge in [0.15, 0.2) is 17.5 Å². The minimum absolute atomic E-state index is 0.109. The first-order valence-corrected chi connectivity index (χ1v) is 16.2. The number of aliphatic hydroxyl groups is 3. The third kappa shape index (κ3) is 4.89. The van der Waals surface area contributed by atoms with E-state index >= 15 is 0 Å². The lowest BCUT2D eigenvalue weighted by molar-refractivity contribution is -0.204. The van der Waals surface area contributed by atoms with Crippen LogP contribution in [0.2, 0.25) is 0 Å². The zero-order valence-electron chi connectivity index (χ0n) is 26.4. The Morgan fingerprint density at radius 2 is 1.64 bits per heavy atom. The molecule has 2 unspecified atom stereocenters. The molecule has 42 heavy (non-hydrogen) atoms. The van der Waals surface area contributed by atoms with Gasteiger partial charge in [0.05, 0.1) is 12.0 Å². The van der Waals surface area contributed by atoms with Gasteiger partial charge in [-0.1, -0.05) is 85.3 Å². The van der Waals surface area contributed by atoms with Gasteiger partial charge >= 0.3 is 11.9 Å². The van der Waals surface area contributed by atoms with E-state index in [2.05, 4.69) is 6.92 Å². The number of fused-ring (bicyclic) bond motifs is 3. The third-order valence-corrected chi connectivity index (χ3v) is 11.0. The van der Waals surface area contributed by atoms with Crippen molar-refractivity contribution in [2.45, 2.75) is 136 Å². The predicted molar refractivity (Wildman–Crippen MR) is 158 cm³/mol. The molecule has 1 spiro atoms. The van der Waals surface area contributed by atoms with Gasteiger partial charge in [-0.3, -0.25) is 14.4 Å². The maximum atomic E-state index is 14.7. The van der Waals surface area contributed by atoms with Crippen molar-refractivity contribution in [1.82, 2.24) is 0 Å². The van der Waals surface area contributed by atoms with E-state index in [1.807, 2.05) is 27.7 Å². The van der Waals surface area contributed by atoms with Crippen LogP contribution in [0.5, 0.6) is 0 Å². The first kappa shape index (κ1) is 32.9. The molecule has 3 N–H and O–H groups in total. The topological polar surface area (TPSA) is 130 Å². The second-order valence-electron chi connectivity index (χ2n) is 13.9. The lowest BCUT2D eigenvalue weighted by atomic mass is 9.59. The van der Waals surface area contributed by atoms with E-state index in [0.29, 0.717) is 24.8 Å². The minimum Gasteiger partial charge on any atom is -0.458 e. The Balaban J connectivity index is 1.67. The summed E-state index contributed by atoms with van der Waals surface area (Å²) in [4.78, 5) is 40.6. The molecule has 4 rings (SSSR count). The maximum Gasteiger partial charge on any atom is 0.306 e. The van der Waals surface area contributed by atoms with Crippen molar-refractivity contribution in [3.8, 4) is 0 Å². The molecular formula is C34H52O8. The van der Waals surface area contributed by atoms with Crippen molar-refractivity contribution in [3.63, 3.8) is 0 Å². The predicted octanol–water partition coefficient (Wildman–Crippen LogP) is 4.97. The van der Waals surface area contributed by atoms with Crippen molar-refractivity contribution in [2.24, 2.45) is 28.6 Å². The average molecular weight is 589 g/mol. The number of ketones is 1. The Hall–Kier alpha value is -2.03. The maximum absolute atomic E-state index is 14.7. The third-order valence-electron chi connectivity index (χ3n) is 11.0. The molecule has 0 aromatic carbocycles. The molecule has 4 aliphatic rings. The van der Waals surface area contributed by atoms with Crippen LogP contribution in [-0.4, -0.2) is 63.1 Å². The van der Waals surface area contributed by atoms with Gasteiger partial charge in [-0.05, 0) is 43.3 Å². The van der Waals surface area contributed by atoms with Crippen LogP contribution in [0.4, 0.5) is 0 Å². The normalized spacial score (nSPS) is 37.9. The van der Waals surface area contributed by atoms with Crippen molar-refractivity contribution in [2.75, 3.05) is 6.61 Å². The van der Waals surface area contributed by atoms with E-state index in [-0.39, 0.29) is 29.7 Å². The highest BCUT2D eigenvalue weighted by atomic mass is 16.6. The van der Waals surface area contributed by atoms with Crippen LogP contribution in [0.25, 0.3) is 0 Å². The summed E-state index contributed by atoms with van der Waals surface area (Å²) in [5.74, 6) is -2.87. The molecule has 4 aliphatic carbocycles. The van der Waals surface area contributed by atoms with Crippen LogP contribution in [0.3, 0.4) is 0 Å². The van der Waals surface area contributed by atoms with Gasteiger partial charge in [-0.25, -0.2) is 0 Å².